The van der Waals surface area contributed by atoms with Gasteiger partial charge < -0.3 is 9.47 Å². The van der Waals surface area contributed by atoms with Gasteiger partial charge in [0, 0.05) is 9.13 Å². The summed E-state index contributed by atoms with van der Waals surface area (Å²) in [5, 5.41) is 0. The maximum atomic E-state index is 12.1. The topological polar surface area (TPSA) is 76.7 Å². The number of hydrogen-bond acceptors (Lipinski definition) is 4. The zero-order chi connectivity index (χ0) is 16.2. The molecule has 0 saturated carbocycles. The van der Waals surface area contributed by atoms with Crippen LogP contribution in [-0.4, -0.2) is 24.5 Å². The van der Waals surface area contributed by atoms with Crippen molar-refractivity contribution >= 4 is 34.4 Å². The summed E-state index contributed by atoms with van der Waals surface area (Å²) in [5.41, 5.74) is 5.19. The number of hydrazine groups is 1. The fraction of sp³-hybridized carbons (Fsp3) is 0.125. The van der Waals surface area contributed by atoms with Crippen LogP contribution in [0.2, 0.25) is 0 Å². The van der Waals surface area contributed by atoms with Crippen LogP contribution in [0.1, 0.15) is 10.4 Å². The van der Waals surface area contributed by atoms with Crippen LogP contribution in [0.25, 0.3) is 0 Å². The smallest absolute Gasteiger partial charge is 0.283 e. The Kier molecular flexibility index (Phi) is 4.65. The summed E-state index contributed by atoms with van der Waals surface area (Å²) in [6.45, 7) is 0.0853. The zero-order valence-corrected chi connectivity index (χ0v) is 14.1. The van der Waals surface area contributed by atoms with Gasteiger partial charge in [-0.1, -0.05) is 18.2 Å². The molecule has 0 fully saturated rings. The molecular weight excluding hydrogens is 411 g/mol. The lowest BCUT2D eigenvalue weighted by Gasteiger charge is -2.25. The van der Waals surface area contributed by atoms with E-state index in [4.69, 9.17) is 9.47 Å². The molecule has 3 rings (SSSR count). The van der Waals surface area contributed by atoms with Gasteiger partial charge in [0.05, 0.1) is 0 Å². The van der Waals surface area contributed by atoms with Crippen LogP contribution in [-0.2, 0) is 4.79 Å². The Morgan fingerprint density at radius 3 is 2.61 bits per heavy atom. The first-order chi connectivity index (χ1) is 11.1. The minimum Gasteiger partial charge on any atom is -0.485 e. The number of fused-ring (bicyclic) bond motifs is 1. The molecular formula is C16H13IN2O4. The van der Waals surface area contributed by atoms with Crippen molar-refractivity contribution in [2.45, 2.75) is 6.10 Å². The fourth-order valence-electron chi connectivity index (χ4n) is 2.05. The Morgan fingerprint density at radius 1 is 1.04 bits per heavy atom. The maximum absolute atomic E-state index is 12.1. The molecule has 0 radical (unpaired) electrons. The molecule has 2 aromatic carbocycles. The van der Waals surface area contributed by atoms with E-state index in [2.05, 4.69) is 33.4 Å². The molecule has 0 saturated heterocycles. The number of benzene rings is 2. The van der Waals surface area contributed by atoms with Crippen LogP contribution < -0.4 is 20.3 Å². The van der Waals surface area contributed by atoms with E-state index in [1.54, 1.807) is 36.4 Å². The van der Waals surface area contributed by atoms with Crippen molar-refractivity contribution in [1.29, 1.82) is 0 Å². The van der Waals surface area contributed by atoms with E-state index >= 15 is 0 Å². The third-order valence-corrected chi connectivity index (χ3v) is 3.86. The number of halogens is 1. The number of rotatable bonds is 2. The van der Waals surface area contributed by atoms with Gasteiger partial charge in [0.1, 0.15) is 6.61 Å². The summed E-state index contributed by atoms with van der Waals surface area (Å²) in [5.74, 6) is 0.231. The first kappa shape index (κ1) is 15.6. The second-order valence-corrected chi connectivity index (χ2v) is 6.06. The minimum absolute atomic E-state index is 0.0853. The molecule has 0 spiro atoms. The molecule has 0 aromatic heterocycles. The Labute approximate surface area is 146 Å². The summed E-state index contributed by atoms with van der Waals surface area (Å²) < 4.78 is 12.0. The SMILES string of the molecule is O=C(NNC(=O)C1COc2ccccc2O1)c1cccc(I)c1. The zero-order valence-electron chi connectivity index (χ0n) is 11.9. The standard InChI is InChI=1S/C16H13IN2O4/c17-11-5-3-4-10(8-11)15(20)18-19-16(21)14-9-22-12-6-1-2-7-13(12)23-14/h1-8,14H,9H2,(H,18,20)(H,19,21). The highest BCUT2D eigenvalue weighted by Gasteiger charge is 2.27. The largest absolute Gasteiger partial charge is 0.485 e. The second-order valence-electron chi connectivity index (χ2n) is 4.82. The first-order valence-electron chi connectivity index (χ1n) is 6.88. The van der Waals surface area contributed by atoms with Crippen molar-refractivity contribution in [3.05, 3.63) is 57.7 Å². The number of nitrogens with one attached hydrogen (secondary N) is 2. The molecule has 0 aliphatic carbocycles. The average molecular weight is 424 g/mol. The van der Waals surface area contributed by atoms with Gasteiger partial charge in [0.15, 0.2) is 11.5 Å². The third-order valence-electron chi connectivity index (χ3n) is 3.19. The number of ether oxygens (including phenoxy) is 2. The van der Waals surface area contributed by atoms with E-state index in [-0.39, 0.29) is 6.61 Å². The molecule has 2 N–H and O–H groups in total. The summed E-state index contributed by atoms with van der Waals surface area (Å²) in [4.78, 5) is 24.1. The molecule has 23 heavy (non-hydrogen) atoms. The maximum Gasteiger partial charge on any atom is 0.283 e. The molecule has 0 bridgehead atoms. The van der Waals surface area contributed by atoms with E-state index in [0.29, 0.717) is 17.1 Å². The lowest BCUT2D eigenvalue weighted by molar-refractivity contribution is -0.131. The lowest BCUT2D eigenvalue weighted by Crippen LogP contribution is -2.50. The number of para-hydroxylation sites is 2. The third kappa shape index (κ3) is 3.73. The van der Waals surface area contributed by atoms with Crippen molar-refractivity contribution in [3.63, 3.8) is 0 Å². The highest BCUT2D eigenvalue weighted by Crippen LogP contribution is 2.30. The van der Waals surface area contributed by atoms with E-state index in [9.17, 15) is 9.59 Å². The molecule has 1 unspecified atom stereocenters. The van der Waals surface area contributed by atoms with E-state index in [1.165, 1.54) is 0 Å². The lowest BCUT2D eigenvalue weighted by atomic mass is 10.2. The predicted octanol–water partition coefficient (Wildman–Crippen LogP) is 1.89. The number of carbonyl (C=O) groups excluding carboxylic acids is 2. The van der Waals surface area contributed by atoms with Crippen LogP contribution in [0, 0.1) is 3.57 Å². The summed E-state index contributed by atoms with van der Waals surface area (Å²) in [6.07, 6.45) is -0.818. The molecule has 2 aromatic rings. The monoisotopic (exact) mass is 424 g/mol. The molecule has 6 nitrogen and oxygen atoms in total. The molecule has 1 atom stereocenters. The van der Waals surface area contributed by atoms with Crippen molar-refractivity contribution in [1.82, 2.24) is 10.9 Å². The predicted molar refractivity (Wildman–Crippen MR) is 91.1 cm³/mol. The quantitative estimate of drug-likeness (QED) is 0.571. The van der Waals surface area contributed by atoms with E-state index in [0.717, 1.165) is 3.57 Å². The second kappa shape index (κ2) is 6.86. The Balaban J connectivity index is 1.57. The fourth-order valence-corrected chi connectivity index (χ4v) is 2.59. The number of hydrogen-bond donors (Lipinski definition) is 2. The first-order valence-corrected chi connectivity index (χ1v) is 7.95. The van der Waals surface area contributed by atoms with Crippen molar-refractivity contribution in [2.24, 2.45) is 0 Å². The van der Waals surface area contributed by atoms with Crippen molar-refractivity contribution in [3.8, 4) is 11.5 Å². The molecule has 1 aliphatic heterocycles. The van der Waals surface area contributed by atoms with Gasteiger partial charge in [-0.05, 0) is 52.9 Å². The summed E-state index contributed by atoms with van der Waals surface area (Å²) in [6, 6.07) is 14.1. The van der Waals surface area contributed by atoms with Gasteiger partial charge in [0.2, 0.25) is 6.10 Å². The van der Waals surface area contributed by atoms with Gasteiger partial charge in [-0.3, -0.25) is 20.4 Å². The molecule has 7 heteroatoms. The van der Waals surface area contributed by atoms with Gasteiger partial charge in [-0.25, -0.2) is 0 Å². The van der Waals surface area contributed by atoms with Crippen LogP contribution in [0.3, 0.4) is 0 Å². The Morgan fingerprint density at radius 2 is 1.83 bits per heavy atom. The Bertz CT molecular complexity index is 750. The molecule has 1 aliphatic rings. The van der Waals surface area contributed by atoms with Gasteiger partial charge in [-0.2, -0.15) is 0 Å². The number of carbonyl (C=O) groups is 2. The molecule has 118 valence electrons. The van der Waals surface area contributed by atoms with Gasteiger partial charge >= 0.3 is 0 Å². The summed E-state index contributed by atoms with van der Waals surface area (Å²) >= 11 is 2.11. The van der Waals surface area contributed by atoms with Crippen LogP contribution in [0.5, 0.6) is 11.5 Å². The molecule has 1 heterocycles. The highest BCUT2D eigenvalue weighted by atomic mass is 127. The summed E-state index contributed by atoms with van der Waals surface area (Å²) in [7, 11) is 0. The normalized spacial score (nSPS) is 15.6. The van der Waals surface area contributed by atoms with Crippen molar-refractivity contribution in [2.75, 3.05) is 6.61 Å². The highest BCUT2D eigenvalue weighted by molar-refractivity contribution is 14.1. The molecule has 2 amide bonds. The van der Waals surface area contributed by atoms with Crippen LogP contribution >= 0.6 is 22.6 Å². The van der Waals surface area contributed by atoms with Gasteiger partial charge in [-0.15, -0.1) is 0 Å². The van der Waals surface area contributed by atoms with Gasteiger partial charge in [0.25, 0.3) is 11.8 Å². The van der Waals surface area contributed by atoms with E-state index < -0.39 is 17.9 Å². The van der Waals surface area contributed by atoms with Crippen LogP contribution in [0.4, 0.5) is 0 Å². The average Bonchev–Trinajstić information content (AvgIpc) is 2.59. The minimum atomic E-state index is -0.818. The number of amides is 2. The van der Waals surface area contributed by atoms with Crippen molar-refractivity contribution < 1.29 is 19.1 Å². The van der Waals surface area contributed by atoms with E-state index in [1.807, 2.05) is 12.1 Å². The van der Waals surface area contributed by atoms with Crippen LogP contribution in [0.15, 0.2) is 48.5 Å². The Hall–Kier alpha value is -2.29.